The standard InChI is InChI=1S/C16H15BrN2OS/c1-18-15-11-7-12(17)14(8-13(11)19-16(15)20)21-9-10-5-3-2-4-6-10/h2-8,15,18H,9H2,1H3,(H,19,20). The van der Waals surface area contributed by atoms with Crippen LogP contribution in [0.1, 0.15) is 17.2 Å². The number of nitrogens with one attached hydrogen (secondary N) is 2. The third-order valence-corrected chi connectivity index (χ3v) is 5.51. The van der Waals surface area contributed by atoms with Gasteiger partial charge < -0.3 is 10.6 Å². The van der Waals surface area contributed by atoms with Crippen LogP contribution in [0.4, 0.5) is 5.69 Å². The lowest BCUT2D eigenvalue weighted by Gasteiger charge is -2.10. The Bertz CT molecular complexity index is 675. The van der Waals surface area contributed by atoms with Gasteiger partial charge in [-0.15, -0.1) is 11.8 Å². The topological polar surface area (TPSA) is 41.1 Å². The molecule has 1 aliphatic heterocycles. The van der Waals surface area contributed by atoms with Crippen LogP contribution in [0.15, 0.2) is 51.8 Å². The van der Waals surface area contributed by atoms with E-state index in [-0.39, 0.29) is 11.9 Å². The minimum absolute atomic E-state index is 0.00427. The number of fused-ring (bicyclic) bond motifs is 1. The predicted molar refractivity (Wildman–Crippen MR) is 90.6 cm³/mol. The van der Waals surface area contributed by atoms with E-state index in [2.05, 4.69) is 38.7 Å². The van der Waals surface area contributed by atoms with Crippen molar-refractivity contribution < 1.29 is 4.79 Å². The third-order valence-electron chi connectivity index (χ3n) is 3.46. The zero-order chi connectivity index (χ0) is 14.8. The number of hydrogen-bond acceptors (Lipinski definition) is 3. The predicted octanol–water partition coefficient (Wildman–Crippen LogP) is 3.95. The molecule has 1 amide bonds. The summed E-state index contributed by atoms with van der Waals surface area (Å²) in [7, 11) is 1.80. The van der Waals surface area contributed by atoms with Crippen molar-refractivity contribution in [3.8, 4) is 0 Å². The Hall–Kier alpha value is -1.30. The summed E-state index contributed by atoms with van der Waals surface area (Å²) in [6.07, 6.45) is 0. The highest BCUT2D eigenvalue weighted by atomic mass is 79.9. The maximum atomic E-state index is 11.9. The maximum absolute atomic E-state index is 11.9. The van der Waals surface area contributed by atoms with Crippen LogP contribution in [-0.4, -0.2) is 13.0 Å². The maximum Gasteiger partial charge on any atom is 0.246 e. The molecule has 0 aromatic heterocycles. The molecule has 3 rings (SSSR count). The second-order valence-electron chi connectivity index (χ2n) is 4.86. The zero-order valence-corrected chi connectivity index (χ0v) is 13.9. The summed E-state index contributed by atoms with van der Waals surface area (Å²) in [6, 6.07) is 14.2. The lowest BCUT2D eigenvalue weighted by atomic mass is 10.1. The molecule has 3 nitrogen and oxygen atoms in total. The van der Waals surface area contributed by atoms with Crippen LogP contribution in [0.5, 0.6) is 0 Å². The van der Waals surface area contributed by atoms with Crippen molar-refractivity contribution in [3.63, 3.8) is 0 Å². The van der Waals surface area contributed by atoms with Crippen LogP contribution in [0.25, 0.3) is 0 Å². The first kappa shape index (κ1) is 14.6. The Morgan fingerprint density at radius 2 is 2.05 bits per heavy atom. The molecule has 5 heteroatoms. The second-order valence-corrected chi connectivity index (χ2v) is 6.73. The molecular weight excluding hydrogens is 348 g/mol. The zero-order valence-electron chi connectivity index (χ0n) is 11.5. The van der Waals surface area contributed by atoms with Gasteiger partial charge in [-0.05, 0) is 40.7 Å². The number of likely N-dealkylation sites (N-methyl/N-ethyl adjacent to an activating group) is 1. The Morgan fingerprint density at radius 1 is 1.29 bits per heavy atom. The van der Waals surface area contributed by atoms with Gasteiger partial charge >= 0.3 is 0 Å². The van der Waals surface area contributed by atoms with Crippen molar-refractivity contribution in [2.45, 2.75) is 16.7 Å². The lowest BCUT2D eigenvalue weighted by Crippen LogP contribution is -2.23. The minimum atomic E-state index is -0.260. The highest BCUT2D eigenvalue weighted by molar-refractivity contribution is 9.10. The second kappa shape index (κ2) is 6.22. The molecule has 1 unspecified atom stereocenters. The van der Waals surface area contributed by atoms with Crippen molar-refractivity contribution in [2.24, 2.45) is 0 Å². The molecule has 2 N–H and O–H groups in total. The summed E-state index contributed by atoms with van der Waals surface area (Å²) in [5.74, 6) is 0.909. The van der Waals surface area contributed by atoms with E-state index >= 15 is 0 Å². The van der Waals surface area contributed by atoms with E-state index < -0.39 is 0 Å². The summed E-state index contributed by atoms with van der Waals surface area (Å²) in [4.78, 5) is 13.0. The third kappa shape index (κ3) is 3.00. The monoisotopic (exact) mass is 362 g/mol. The number of anilines is 1. The van der Waals surface area contributed by atoms with E-state index in [1.807, 2.05) is 30.3 Å². The van der Waals surface area contributed by atoms with Gasteiger partial charge in [0.15, 0.2) is 0 Å². The van der Waals surface area contributed by atoms with E-state index in [1.165, 1.54) is 5.56 Å². The van der Waals surface area contributed by atoms with E-state index in [9.17, 15) is 4.79 Å². The Kier molecular flexibility index (Phi) is 4.33. The molecule has 0 saturated heterocycles. The summed E-state index contributed by atoms with van der Waals surface area (Å²) in [5, 5.41) is 5.96. The van der Waals surface area contributed by atoms with Crippen molar-refractivity contribution in [3.05, 3.63) is 58.1 Å². The first-order chi connectivity index (χ1) is 10.2. The molecule has 21 heavy (non-hydrogen) atoms. The van der Waals surface area contributed by atoms with E-state index in [0.717, 1.165) is 26.4 Å². The van der Waals surface area contributed by atoms with Gasteiger partial charge in [-0.3, -0.25) is 4.79 Å². The molecule has 2 aromatic carbocycles. The molecule has 0 radical (unpaired) electrons. The Balaban J connectivity index is 1.82. The summed E-state index contributed by atoms with van der Waals surface area (Å²) in [6.45, 7) is 0. The van der Waals surface area contributed by atoms with Crippen molar-refractivity contribution >= 4 is 39.3 Å². The smallest absolute Gasteiger partial charge is 0.246 e. The minimum Gasteiger partial charge on any atom is -0.324 e. The van der Waals surface area contributed by atoms with E-state index in [4.69, 9.17) is 0 Å². The highest BCUT2D eigenvalue weighted by Gasteiger charge is 2.30. The van der Waals surface area contributed by atoms with Gasteiger partial charge in [0.05, 0.1) is 0 Å². The number of halogens is 1. The highest BCUT2D eigenvalue weighted by Crippen LogP contribution is 2.39. The normalized spacial score (nSPS) is 16.7. The Labute approximate surface area is 136 Å². The fourth-order valence-electron chi connectivity index (χ4n) is 2.39. The van der Waals surface area contributed by atoms with Gasteiger partial charge in [0.1, 0.15) is 6.04 Å². The number of thioether (sulfide) groups is 1. The van der Waals surface area contributed by atoms with Gasteiger partial charge in [0.2, 0.25) is 5.91 Å². The van der Waals surface area contributed by atoms with Gasteiger partial charge in [-0.25, -0.2) is 0 Å². The molecule has 2 aromatic rings. The number of rotatable bonds is 4. The van der Waals surface area contributed by atoms with Gasteiger partial charge in [0.25, 0.3) is 0 Å². The molecule has 0 fully saturated rings. The molecule has 108 valence electrons. The largest absolute Gasteiger partial charge is 0.324 e. The van der Waals surface area contributed by atoms with Gasteiger partial charge in [0, 0.05) is 26.4 Å². The van der Waals surface area contributed by atoms with Crippen LogP contribution < -0.4 is 10.6 Å². The van der Waals surface area contributed by atoms with Crippen molar-refractivity contribution in [2.75, 3.05) is 12.4 Å². The SMILES string of the molecule is CNC1C(=O)Nc2cc(SCc3ccccc3)c(Br)cc21. The van der Waals surface area contributed by atoms with Crippen molar-refractivity contribution in [1.82, 2.24) is 5.32 Å². The summed E-state index contributed by atoms with van der Waals surface area (Å²) in [5.41, 5.74) is 3.18. The molecule has 0 aliphatic carbocycles. The fraction of sp³-hybridized carbons (Fsp3) is 0.188. The summed E-state index contributed by atoms with van der Waals surface area (Å²) < 4.78 is 1.03. The number of benzene rings is 2. The van der Waals surface area contributed by atoms with E-state index in [0.29, 0.717) is 0 Å². The van der Waals surface area contributed by atoms with Crippen LogP contribution in [0.2, 0.25) is 0 Å². The van der Waals surface area contributed by atoms with Crippen LogP contribution in [0, 0.1) is 0 Å². The van der Waals surface area contributed by atoms with Crippen LogP contribution in [-0.2, 0) is 10.5 Å². The molecule has 0 spiro atoms. The number of amides is 1. The number of carbonyl (C=O) groups excluding carboxylic acids is 1. The molecular formula is C16H15BrN2OS. The number of carbonyl (C=O) groups is 1. The number of hydrogen-bond donors (Lipinski definition) is 2. The van der Waals surface area contributed by atoms with Crippen molar-refractivity contribution in [1.29, 1.82) is 0 Å². The first-order valence-electron chi connectivity index (χ1n) is 6.67. The average Bonchev–Trinajstić information content (AvgIpc) is 2.80. The van der Waals surface area contributed by atoms with Crippen LogP contribution >= 0.6 is 27.7 Å². The van der Waals surface area contributed by atoms with Crippen LogP contribution in [0.3, 0.4) is 0 Å². The van der Waals surface area contributed by atoms with Gasteiger partial charge in [-0.1, -0.05) is 30.3 Å². The molecule has 1 atom stereocenters. The molecule has 0 saturated carbocycles. The first-order valence-corrected chi connectivity index (χ1v) is 8.45. The fourth-order valence-corrected chi connectivity index (χ4v) is 4.01. The molecule has 1 aliphatic rings. The Morgan fingerprint density at radius 3 is 2.76 bits per heavy atom. The molecule has 0 bridgehead atoms. The lowest BCUT2D eigenvalue weighted by molar-refractivity contribution is -0.117. The summed E-state index contributed by atoms with van der Waals surface area (Å²) >= 11 is 5.37. The average molecular weight is 363 g/mol. The quantitative estimate of drug-likeness (QED) is 0.809. The van der Waals surface area contributed by atoms with Gasteiger partial charge in [-0.2, -0.15) is 0 Å². The van der Waals surface area contributed by atoms with E-state index in [1.54, 1.807) is 18.8 Å². The molecule has 1 heterocycles.